The molecular formula is C61H43N3. The van der Waals surface area contributed by atoms with Crippen LogP contribution in [0.15, 0.2) is 255 Å². The van der Waals surface area contributed by atoms with Crippen molar-refractivity contribution in [2.75, 3.05) is 4.90 Å². The summed E-state index contributed by atoms with van der Waals surface area (Å²) in [6.07, 6.45) is 0. The second-order valence-electron chi connectivity index (χ2n) is 16.5. The minimum Gasteiger partial charge on any atom is -0.310 e. The Kier molecular flexibility index (Phi) is 9.23. The predicted molar refractivity (Wildman–Crippen MR) is 269 cm³/mol. The number of rotatable bonds is 9. The molecule has 2 heterocycles. The van der Waals surface area contributed by atoms with Gasteiger partial charge in [0.15, 0.2) is 0 Å². The minimum absolute atomic E-state index is 0.0571. The van der Waals surface area contributed by atoms with Crippen molar-refractivity contribution in [3.63, 3.8) is 0 Å². The van der Waals surface area contributed by atoms with Crippen LogP contribution in [0.4, 0.5) is 17.1 Å². The molecule has 1 unspecified atom stereocenters. The molecule has 0 saturated heterocycles. The second kappa shape index (κ2) is 15.8. The number of hydrogen-bond acceptors (Lipinski definition) is 1. The molecule has 3 nitrogen and oxygen atoms in total. The number of anilines is 3. The smallest absolute Gasteiger partial charge is 0.0561 e. The highest BCUT2D eigenvalue weighted by Gasteiger charge is 2.21. The van der Waals surface area contributed by atoms with Crippen LogP contribution in [0.3, 0.4) is 0 Å². The van der Waals surface area contributed by atoms with Crippen LogP contribution in [0, 0.1) is 0 Å². The van der Waals surface area contributed by atoms with Gasteiger partial charge in [0, 0.05) is 55.9 Å². The van der Waals surface area contributed by atoms with Crippen LogP contribution >= 0.6 is 0 Å². The topological polar surface area (TPSA) is 13.1 Å². The van der Waals surface area contributed by atoms with Gasteiger partial charge in [0.2, 0.25) is 0 Å². The third-order valence-electron chi connectivity index (χ3n) is 12.8. The van der Waals surface area contributed by atoms with E-state index in [1.54, 1.807) is 0 Å². The zero-order valence-corrected chi connectivity index (χ0v) is 35.2. The molecule has 10 aromatic carbocycles. The van der Waals surface area contributed by atoms with Crippen LogP contribution in [0.2, 0.25) is 0 Å². The zero-order valence-electron chi connectivity index (χ0n) is 35.2. The van der Waals surface area contributed by atoms with Crippen LogP contribution in [-0.4, -0.2) is 9.13 Å². The quantitative estimate of drug-likeness (QED) is 0.132. The fraction of sp³-hybridized carbons (Fsp3) is 0.0164. The third-order valence-corrected chi connectivity index (χ3v) is 12.8. The summed E-state index contributed by atoms with van der Waals surface area (Å²) in [5, 5.41) is 5.01. The molecule has 0 aliphatic rings. The molecule has 0 saturated carbocycles. The van der Waals surface area contributed by atoms with Crippen molar-refractivity contribution in [2.24, 2.45) is 0 Å². The number of nitrogens with zero attached hydrogens (tertiary/aromatic N) is 3. The van der Waals surface area contributed by atoms with E-state index in [1.165, 1.54) is 71.4 Å². The van der Waals surface area contributed by atoms with Crippen molar-refractivity contribution >= 4 is 60.7 Å². The Labute approximate surface area is 373 Å². The van der Waals surface area contributed by atoms with Crippen LogP contribution in [0.25, 0.3) is 66.1 Å². The molecular weight excluding hydrogens is 775 g/mol. The zero-order chi connectivity index (χ0) is 42.4. The van der Waals surface area contributed by atoms with Crippen molar-refractivity contribution in [2.45, 2.75) is 5.92 Å². The Balaban J connectivity index is 0.914. The highest BCUT2D eigenvalue weighted by Crippen LogP contribution is 2.42. The van der Waals surface area contributed by atoms with Gasteiger partial charge in [-0.1, -0.05) is 176 Å². The average Bonchev–Trinajstić information content (AvgIpc) is 3.88. The summed E-state index contributed by atoms with van der Waals surface area (Å²) in [7, 11) is 0. The van der Waals surface area contributed by atoms with Gasteiger partial charge in [-0.25, -0.2) is 0 Å². The SMILES string of the molecule is c1ccc(C(c2ccc(-c3ccc(N(c4ccccc4)c4ccc5c6ccccc6n(-c6ccccc6)c5c4)cc3)cc2)c2ccc3c4ccccc4n(-c4ccccc4)c3c2)cc1. The lowest BCUT2D eigenvalue weighted by Crippen LogP contribution is -2.10. The maximum atomic E-state index is 2.41. The van der Waals surface area contributed by atoms with E-state index in [0.717, 1.165) is 28.4 Å². The standard InChI is InChI=1S/C61H43N3/c1-5-17-45(18-6-1)61(47-35-39-55-53-25-13-15-27-57(53)63(59(55)41-47)49-21-9-3-10-22-49)46-31-29-43(30-32-46)44-33-36-51(37-34-44)62(48-19-7-2-8-20-48)52-38-40-56-54-26-14-16-28-58(54)64(60(56)42-52)50-23-11-4-12-24-50/h1-42,61H. The first-order valence-corrected chi connectivity index (χ1v) is 22.0. The Hall–Kier alpha value is -8.40. The van der Waals surface area contributed by atoms with Gasteiger partial charge in [-0.05, 0) is 107 Å². The molecule has 1 atom stereocenters. The monoisotopic (exact) mass is 817 g/mol. The van der Waals surface area contributed by atoms with E-state index < -0.39 is 0 Å². The molecule has 0 aliphatic heterocycles. The molecule has 0 spiro atoms. The van der Waals surface area contributed by atoms with E-state index in [9.17, 15) is 0 Å². The number of fused-ring (bicyclic) bond motifs is 6. The largest absolute Gasteiger partial charge is 0.310 e. The van der Waals surface area contributed by atoms with Gasteiger partial charge in [-0.2, -0.15) is 0 Å². The van der Waals surface area contributed by atoms with Gasteiger partial charge in [0.25, 0.3) is 0 Å². The fourth-order valence-electron chi connectivity index (χ4n) is 9.89. The summed E-state index contributed by atoms with van der Waals surface area (Å²) in [6, 6.07) is 92.6. The van der Waals surface area contributed by atoms with Crippen molar-refractivity contribution in [3.8, 4) is 22.5 Å². The lowest BCUT2D eigenvalue weighted by Gasteiger charge is -2.26. The number of para-hydroxylation sites is 5. The van der Waals surface area contributed by atoms with Crippen LogP contribution in [0.1, 0.15) is 22.6 Å². The summed E-state index contributed by atoms with van der Waals surface area (Å²) < 4.78 is 4.79. The molecule has 12 rings (SSSR count). The van der Waals surface area contributed by atoms with E-state index in [-0.39, 0.29) is 5.92 Å². The van der Waals surface area contributed by atoms with Crippen molar-refractivity contribution in [1.82, 2.24) is 9.13 Å². The molecule has 2 aromatic heterocycles. The number of hydrogen-bond donors (Lipinski definition) is 0. The maximum absolute atomic E-state index is 2.41. The van der Waals surface area contributed by atoms with Crippen LogP contribution in [0.5, 0.6) is 0 Å². The van der Waals surface area contributed by atoms with Gasteiger partial charge in [0.05, 0.1) is 22.1 Å². The Morgan fingerprint density at radius 3 is 1.23 bits per heavy atom. The van der Waals surface area contributed by atoms with Crippen LogP contribution in [-0.2, 0) is 0 Å². The second-order valence-corrected chi connectivity index (χ2v) is 16.5. The first-order valence-electron chi connectivity index (χ1n) is 22.0. The molecule has 0 aliphatic carbocycles. The Morgan fingerprint density at radius 1 is 0.266 bits per heavy atom. The summed E-state index contributed by atoms with van der Waals surface area (Å²) in [5.41, 5.74) is 16.6. The van der Waals surface area contributed by atoms with E-state index in [2.05, 4.69) is 269 Å². The maximum Gasteiger partial charge on any atom is 0.0561 e. The van der Waals surface area contributed by atoms with E-state index in [4.69, 9.17) is 0 Å². The molecule has 0 fully saturated rings. The summed E-state index contributed by atoms with van der Waals surface area (Å²) >= 11 is 0. The van der Waals surface area contributed by atoms with Gasteiger partial charge >= 0.3 is 0 Å². The minimum atomic E-state index is 0.0571. The van der Waals surface area contributed by atoms with Crippen molar-refractivity contribution < 1.29 is 0 Å². The van der Waals surface area contributed by atoms with E-state index in [0.29, 0.717) is 0 Å². The lowest BCUT2D eigenvalue weighted by molar-refractivity contribution is 0.978. The summed E-state index contributed by atoms with van der Waals surface area (Å²) in [6.45, 7) is 0. The molecule has 64 heavy (non-hydrogen) atoms. The number of benzene rings is 10. The van der Waals surface area contributed by atoms with Crippen LogP contribution < -0.4 is 4.90 Å². The van der Waals surface area contributed by atoms with Gasteiger partial charge in [-0.3, -0.25) is 0 Å². The number of aromatic nitrogens is 2. The molecule has 0 amide bonds. The van der Waals surface area contributed by atoms with Gasteiger partial charge in [-0.15, -0.1) is 0 Å². The molecule has 0 radical (unpaired) electrons. The molecule has 302 valence electrons. The first kappa shape index (κ1) is 37.4. The van der Waals surface area contributed by atoms with Crippen molar-refractivity contribution in [3.05, 3.63) is 271 Å². The summed E-state index contributed by atoms with van der Waals surface area (Å²) in [5.74, 6) is 0.0571. The third kappa shape index (κ3) is 6.45. The summed E-state index contributed by atoms with van der Waals surface area (Å²) in [4.78, 5) is 2.36. The normalized spacial score (nSPS) is 12.0. The highest BCUT2D eigenvalue weighted by molar-refractivity contribution is 6.11. The first-order chi connectivity index (χ1) is 31.8. The van der Waals surface area contributed by atoms with Gasteiger partial charge < -0.3 is 14.0 Å². The molecule has 0 N–H and O–H groups in total. The predicted octanol–water partition coefficient (Wildman–Crippen LogP) is 16.2. The fourth-order valence-corrected chi connectivity index (χ4v) is 9.89. The highest BCUT2D eigenvalue weighted by atomic mass is 15.1. The molecule has 12 aromatic rings. The van der Waals surface area contributed by atoms with E-state index >= 15 is 0 Å². The lowest BCUT2D eigenvalue weighted by atomic mass is 9.84. The Bertz CT molecular complexity index is 3330. The molecule has 0 bridgehead atoms. The molecule has 3 heteroatoms. The Morgan fingerprint density at radius 2 is 0.656 bits per heavy atom. The average molecular weight is 818 g/mol. The van der Waals surface area contributed by atoms with Gasteiger partial charge in [0.1, 0.15) is 0 Å². The van der Waals surface area contributed by atoms with E-state index in [1.807, 2.05) is 0 Å². The van der Waals surface area contributed by atoms with Crippen molar-refractivity contribution in [1.29, 1.82) is 0 Å².